The zero-order valence-electron chi connectivity index (χ0n) is 8.23. The predicted molar refractivity (Wildman–Crippen MR) is 63.5 cm³/mol. The lowest BCUT2D eigenvalue weighted by atomic mass is 10.0. The fourth-order valence-electron chi connectivity index (χ4n) is 1.48. The van der Waals surface area contributed by atoms with Gasteiger partial charge in [-0.15, -0.1) is 11.3 Å². The standard InChI is InChI=1S/C10H13NO2S2/c12-9(8-2-1-4-15-8)11-6-10(13)3-5-14-7-10/h1-2,4,13H,3,5-7H2,(H,11,12). The van der Waals surface area contributed by atoms with Gasteiger partial charge in [0.2, 0.25) is 0 Å². The molecule has 0 bridgehead atoms. The summed E-state index contributed by atoms with van der Waals surface area (Å²) >= 11 is 3.15. The highest BCUT2D eigenvalue weighted by Crippen LogP contribution is 2.27. The second-order valence-electron chi connectivity index (χ2n) is 3.69. The lowest BCUT2D eigenvalue weighted by Crippen LogP contribution is -2.42. The van der Waals surface area contributed by atoms with Crippen LogP contribution < -0.4 is 5.32 Å². The van der Waals surface area contributed by atoms with Crippen LogP contribution in [0.2, 0.25) is 0 Å². The molecule has 15 heavy (non-hydrogen) atoms. The van der Waals surface area contributed by atoms with E-state index in [1.807, 2.05) is 11.4 Å². The summed E-state index contributed by atoms with van der Waals surface area (Å²) in [6.45, 7) is 0.358. The maximum atomic E-state index is 11.6. The van der Waals surface area contributed by atoms with E-state index in [1.165, 1.54) is 11.3 Å². The molecule has 0 spiro atoms. The number of aliphatic hydroxyl groups is 1. The molecule has 1 aliphatic heterocycles. The van der Waals surface area contributed by atoms with Crippen LogP contribution in [-0.4, -0.2) is 34.7 Å². The minimum absolute atomic E-state index is 0.0877. The van der Waals surface area contributed by atoms with Crippen LogP contribution in [0.15, 0.2) is 17.5 Å². The summed E-state index contributed by atoms with van der Waals surface area (Å²) < 4.78 is 0. The van der Waals surface area contributed by atoms with Crippen molar-refractivity contribution >= 4 is 29.0 Å². The molecule has 1 unspecified atom stereocenters. The average Bonchev–Trinajstić information content (AvgIpc) is 2.85. The van der Waals surface area contributed by atoms with Gasteiger partial charge in [0.25, 0.3) is 5.91 Å². The van der Waals surface area contributed by atoms with Gasteiger partial charge in [0, 0.05) is 12.3 Å². The Morgan fingerprint density at radius 2 is 2.53 bits per heavy atom. The van der Waals surface area contributed by atoms with Crippen molar-refractivity contribution in [1.82, 2.24) is 5.32 Å². The maximum absolute atomic E-state index is 11.6. The van der Waals surface area contributed by atoms with Crippen LogP contribution in [-0.2, 0) is 0 Å². The van der Waals surface area contributed by atoms with Gasteiger partial charge in [-0.2, -0.15) is 11.8 Å². The van der Waals surface area contributed by atoms with Gasteiger partial charge >= 0.3 is 0 Å². The van der Waals surface area contributed by atoms with E-state index in [0.29, 0.717) is 11.4 Å². The minimum Gasteiger partial charge on any atom is -0.387 e. The Kier molecular flexibility index (Phi) is 3.33. The van der Waals surface area contributed by atoms with Crippen LogP contribution in [0, 0.1) is 0 Å². The Hall–Kier alpha value is -0.520. The molecule has 1 aromatic heterocycles. The Morgan fingerprint density at radius 3 is 3.13 bits per heavy atom. The van der Waals surface area contributed by atoms with Crippen LogP contribution in [0.5, 0.6) is 0 Å². The molecule has 82 valence electrons. The third-order valence-electron chi connectivity index (χ3n) is 2.41. The van der Waals surface area contributed by atoms with Gasteiger partial charge < -0.3 is 10.4 Å². The van der Waals surface area contributed by atoms with Crippen LogP contribution in [0.3, 0.4) is 0 Å². The second-order valence-corrected chi connectivity index (χ2v) is 5.74. The summed E-state index contributed by atoms with van der Waals surface area (Å²) in [6, 6.07) is 3.63. The smallest absolute Gasteiger partial charge is 0.261 e. The van der Waals surface area contributed by atoms with E-state index in [2.05, 4.69) is 5.32 Å². The van der Waals surface area contributed by atoms with E-state index in [9.17, 15) is 9.90 Å². The molecular weight excluding hydrogens is 230 g/mol. The number of hydrogen-bond donors (Lipinski definition) is 2. The van der Waals surface area contributed by atoms with E-state index in [1.54, 1.807) is 17.8 Å². The molecule has 0 aliphatic carbocycles. The number of thioether (sulfide) groups is 1. The first kappa shape index (κ1) is 11.0. The highest BCUT2D eigenvalue weighted by Gasteiger charge is 2.32. The number of rotatable bonds is 3. The summed E-state index contributed by atoms with van der Waals surface area (Å²) in [7, 11) is 0. The van der Waals surface area contributed by atoms with Gasteiger partial charge in [-0.05, 0) is 23.6 Å². The normalized spacial score (nSPS) is 25.4. The third-order valence-corrected chi connectivity index (χ3v) is 4.51. The fourth-order valence-corrected chi connectivity index (χ4v) is 3.41. The molecule has 1 atom stereocenters. The summed E-state index contributed by atoms with van der Waals surface area (Å²) in [5.74, 6) is 1.61. The van der Waals surface area contributed by atoms with Gasteiger partial charge in [0.1, 0.15) is 0 Å². The SMILES string of the molecule is O=C(NCC1(O)CCSC1)c1cccs1. The van der Waals surface area contributed by atoms with Crippen LogP contribution >= 0.6 is 23.1 Å². The second kappa shape index (κ2) is 4.55. The molecule has 0 radical (unpaired) electrons. The molecule has 1 fully saturated rings. The quantitative estimate of drug-likeness (QED) is 0.842. The van der Waals surface area contributed by atoms with Crippen molar-refractivity contribution in [3.05, 3.63) is 22.4 Å². The van der Waals surface area contributed by atoms with E-state index >= 15 is 0 Å². The molecular formula is C10H13NO2S2. The Labute approximate surface area is 96.9 Å². The monoisotopic (exact) mass is 243 g/mol. The van der Waals surface area contributed by atoms with Crippen molar-refractivity contribution in [2.24, 2.45) is 0 Å². The van der Waals surface area contributed by atoms with Gasteiger partial charge in [-0.1, -0.05) is 6.07 Å². The average molecular weight is 243 g/mol. The van der Waals surface area contributed by atoms with E-state index < -0.39 is 5.60 Å². The van der Waals surface area contributed by atoms with Crippen LogP contribution in [0.4, 0.5) is 0 Å². The van der Waals surface area contributed by atoms with Crippen molar-refractivity contribution in [3.63, 3.8) is 0 Å². The molecule has 2 rings (SSSR count). The van der Waals surface area contributed by atoms with Gasteiger partial charge in [0.15, 0.2) is 0 Å². The minimum atomic E-state index is -0.697. The van der Waals surface area contributed by atoms with E-state index in [-0.39, 0.29) is 5.91 Å². The number of carbonyl (C=O) groups is 1. The maximum Gasteiger partial charge on any atom is 0.261 e. The number of carbonyl (C=O) groups excluding carboxylic acids is 1. The van der Waals surface area contributed by atoms with Gasteiger partial charge in [-0.25, -0.2) is 0 Å². The molecule has 3 nitrogen and oxygen atoms in total. The molecule has 1 aromatic rings. The summed E-state index contributed by atoms with van der Waals surface area (Å²) in [4.78, 5) is 12.3. The van der Waals surface area contributed by atoms with E-state index in [4.69, 9.17) is 0 Å². The zero-order valence-corrected chi connectivity index (χ0v) is 9.87. The van der Waals surface area contributed by atoms with Crippen molar-refractivity contribution < 1.29 is 9.90 Å². The lowest BCUT2D eigenvalue weighted by Gasteiger charge is -2.21. The first-order chi connectivity index (χ1) is 7.20. The Morgan fingerprint density at radius 1 is 1.67 bits per heavy atom. The van der Waals surface area contributed by atoms with Crippen LogP contribution in [0.25, 0.3) is 0 Å². The van der Waals surface area contributed by atoms with Crippen molar-refractivity contribution in [2.45, 2.75) is 12.0 Å². The molecule has 0 saturated carbocycles. The fraction of sp³-hybridized carbons (Fsp3) is 0.500. The predicted octanol–water partition coefficient (Wildman–Crippen LogP) is 1.35. The molecule has 1 aliphatic rings. The Balaban J connectivity index is 1.85. The summed E-state index contributed by atoms with van der Waals surface area (Å²) in [5, 5.41) is 14.7. The van der Waals surface area contributed by atoms with Crippen molar-refractivity contribution in [1.29, 1.82) is 0 Å². The zero-order chi connectivity index (χ0) is 10.7. The number of amides is 1. The van der Waals surface area contributed by atoms with Crippen LogP contribution in [0.1, 0.15) is 16.1 Å². The third kappa shape index (κ3) is 2.74. The molecule has 0 aromatic carbocycles. The molecule has 5 heteroatoms. The van der Waals surface area contributed by atoms with Gasteiger partial charge in [0.05, 0.1) is 10.5 Å². The van der Waals surface area contributed by atoms with Gasteiger partial charge in [-0.3, -0.25) is 4.79 Å². The highest BCUT2D eigenvalue weighted by atomic mass is 32.2. The first-order valence-electron chi connectivity index (χ1n) is 4.81. The first-order valence-corrected chi connectivity index (χ1v) is 6.85. The molecule has 1 amide bonds. The van der Waals surface area contributed by atoms with E-state index in [0.717, 1.165) is 17.9 Å². The number of thiophene rings is 1. The largest absolute Gasteiger partial charge is 0.387 e. The summed E-state index contributed by atoms with van der Waals surface area (Å²) in [5.41, 5.74) is -0.697. The number of hydrogen-bond acceptors (Lipinski definition) is 4. The van der Waals surface area contributed by atoms with Crippen molar-refractivity contribution in [2.75, 3.05) is 18.1 Å². The molecule has 1 saturated heterocycles. The highest BCUT2D eigenvalue weighted by molar-refractivity contribution is 7.99. The Bertz CT molecular complexity index is 331. The van der Waals surface area contributed by atoms with Crippen molar-refractivity contribution in [3.8, 4) is 0 Å². The lowest BCUT2D eigenvalue weighted by molar-refractivity contribution is 0.0614. The summed E-state index contributed by atoms with van der Waals surface area (Å²) in [6.07, 6.45) is 0.766. The molecule has 2 heterocycles. The number of nitrogens with one attached hydrogen (secondary N) is 1. The topological polar surface area (TPSA) is 49.3 Å². The molecule has 2 N–H and O–H groups in total.